The molecule has 0 aliphatic carbocycles. The molecule has 132 valence electrons. The van der Waals surface area contributed by atoms with E-state index in [2.05, 4.69) is 26.8 Å². The lowest BCUT2D eigenvalue weighted by Crippen LogP contribution is -2.45. The van der Waals surface area contributed by atoms with Gasteiger partial charge in [0.05, 0.1) is 9.50 Å². The number of amides is 2. The monoisotopic (exact) mass is 426 g/mol. The number of hydrogen-bond donors (Lipinski definition) is 2. The van der Waals surface area contributed by atoms with Gasteiger partial charge in [0.1, 0.15) is 11.5 Å². The first-order valence-corrected chi connectivity index (χ1v) is 8.47. The first-order valence-electron chi connectivity index (χ1n) is 7.29. The molecule has 0 saturated carbocycles. The summed E-state index contributed by atoms with van der Waals surface area (Å²) in [5.74, 6) is -0.101. The molecule has 0 bridgehead atoms. The number of aryl methyl sites for hydroxylation is 1. The molecule has 6 nitrogen and oxygen atoms in total. The largest absolute Gasteiger partial charge is 0.483 e. The summed E-state index contributed by atoms with van der Waals surface area (Å²) in [4.78, 5) is 23.4. The summed E-state index contributed by atoms with van der Waals surface area (Å²) in [6.07, 6.45) is 0. The highest BCUT2D eigenvalue weighted by Gasteiger charge is 2.09. The number of benzene rings is 2. The zero-order valence-corrected chi connectivity index (χ0v) is 15.7. The Morgan fingerprint density at radius 3 is 2.20 bits per heavy atom. The molecule has 0 aromatic heterocycles. The van der Waals surface area contributed by atoms with Gasteiger partial charge in [-0.25, -0.2) is 0 Å². The number of hydrazine groups is 1. The Labute approximate surface area is 158 Å². The molecule has 2 N–H and O–H groups in total. The van der Waals surface area contributed by atoms with Crippen molar-refractivity contribution in [2.75, 3.05) is 13.2 Å². The molecule has 0 spiro atoms. The fraction of sp³-hybridized carbons (Fsp3) is 0.176. The molecule has 0 atom stereocenters. The quantitative estimate of drug-likeness (QED) is 0.695. The van der Waals surface area contributed by atoms with Crippen LogP contribution in [-0.4, -0.2) is 25.0 Å². The van der Waals surface area contributed by atoms with E-state index in [9.17, 15) is 9.59 Å². The van der Waals surface area contributed by atoms with Gasteiger partial charge in [0, 0.05) is 0 Å². The van der Waals surface area contributed by atoms with Gasteiger partial charge in [-0.15, -0.1) is 0 Å². The highest BCUT2D eigenvalue weighted by atomic mass is 79.9. The Balaban J connectivity index is 1.70. The Morgan fingerprint density at radius 2 is 1.60 bits per heavy atom. The van der Waals surface area contributed by atoms with E-state index in [-0.39, 0.29) is 13.2 Å². The lowest BCUT2D eigenvalue weighted by molar-refractivity contribution is -0.131. The normalized spacial score (nSPS) is 10.0. The second-order valence-corrected chi connectivity index (χ2v) is 6.30. The van der Waals surface area contributed by atoms with Crippen LogP contribution in [0.2, 0.25) is 5.02 Å². The van der Waals surface area contributed by atoms with Crippen molar-refractivity contribution in [3.05, 3.63) is 57.5 Å². The van der Waals surface area contributed by atoms with E-state index in [1.54, 1.807) is 30.3 Å². The van der Waals surface area contributed by atoms with E-state index in [1.165, 1.54) is 0 Å². The van der Waals surface area contributed by atoms with Gasteiger partial charge < -0.3 is 9.47 Å². The zero-order chi connectivity index (χ0) is 18.2. The molecule has 0 heterocycles. The third-order valence-corrected chi connectivity index (χ3v) is 3.91. The van der Waals surface area contributed by atoms with Gasteiger partial charge >= 0.3 is 0 Å². The number of halogens is 2. The average molecular weight is 428 g/mol. The molecular weight excluding hydrogens is 412 g/mol. The van der Waals surface area contributed by atoms with Crippen LogP contribution in [0.15, 0.2) is 46.9 Å². The van der Waals surface area contributed by atoms with E-state index in [0.29, 0.717) is 16.5 Å². The molecule has 0 saturated heterocycles. The number of nitrogens with one attached hydrogen (secondary N) is 2. The number of carbonyl (C=O) groups is 2. The molecule has 0 unspecified atom stereocenters. The van der Waals surface area contributed by atoms with Crippen LogP contribution in [-0.2, 0) is 9.59 Å². The number of ether oxygens (including phenoxy) is 2. The number of para-hydroxylation sites is 1. The average Bonchev–Trinajstić information content (AvgIpc) is 2.58. The summed E-state index contributed by atoms with van der Waals surface area (Å²) in [7, 11) is 0. The fourth-order valence-electron chi connectivity index (χ4n) is 1.78. The SMILES string of the molecule is Cc1ccc(OCC(=O)NNC(=O)COc2ccccc2Cl)c(Br)c1. The Hall–Kier alpha value is -2.25. The summed E-state index contributed by atoms with van der Waals surface area (Å²) >= 11 is 9.26. The van der Waals surface area contributed by atoms with Gasteiger partial charge in [-0.05, 0) is 52.7 Å². The minimum Gasteiger partial charge on any atom is -0.483 e. The van der Waals surface area contributed by atoms with Crippen molar-refractivity contribution in [3.63, 3.8) is 0 Å². The Morgan fingerprint density at radius 1 is 1.00 bits per heavy atom. The fourth-order valence-corrected chi connectivity index (χ4v) is 2.58. The maximum atomic E-state index is 11.7. The van der Waals surface area contributed by atoms with Gasteiger partial charge in [-0.1, -0.05) is 29.8 Å². The number of carbonyl (C=O) groups excluding carboxylic acids is 2. The van der Waals surface area contributed by atoms with Crippen molar-refractivity contribution >= 4 is 39.3 Å². The first-order chi connectivity index (χ1) is 12.0. The Bertz CT molecular complexity index is 770. The van der Waals surface area contributed by atoms with Crippen LogP contribution in [0.1, 0.15) is 5.56 Å². The molecular formula is C17H16BrClN2O4. The summed E-state index contributed by atoms with van der Waals surface area (Å²) in [5, 5.41) is 0.399. The Kier molecular flexibility index (Phi) is 7.09. The molecule has 2 aromatic rings. The van der Waals surface area contributed by atoms with Crippen LogP contribution in [0, 0.1) is 6.92 Å². The smallest absolute Gasteiger partial charge is 0.276 e. The van der Waals surface area contributed by atoms with E-state index in [0.717, 1.165) is 10.0 Å². The molecule has 25 heavy (non-hydrogen) atoms. The van der Waals surface area contributed by atoms with Gasteiger partial charge in [-0.3, -0.25) is 20.4 Å². The van der Waals surface area contributed by atoms with Crippen LogP contribution in [0.5, 0.6) is 11.5 Å². The van der Waals surface area contributed by atoms with E-state index in [1.807, 2.05) is 19.1 Å². The highest BCUT2D eigenvalue weighted by molar-refractivity contribution is 9.10. The van der Waals surface area contributed by atoms with Crippen molar-refractivity contribution in [3.8, 4) is 11.5 Å². The molecule has 0 radical (unpaired) electrons. The first kappa shape index (κ1) is 19.1. The van der Waals surface area contributed by atoms with Crippen molar-refractivity contribution in [1.29, 1.82) is 0 Å². The molecule has 2 rings (SSSR count). The molecule has 0 aliphatic heterocycles. The molecule has 0 fully saturated rings. The van der Waals surface area contributed by atoms with Crippen molar-refractivity contribution in [2.24, 2.45) is 0 Å². The van der Waals surface area contributed by atoms with Gasteiger partial charge in [0.25, 0.3) is 11.8 Å². The second-order valence-electron chi connectivity index (χ2n) is 5.04. The summed E-state index contributed by atoms with van der Waals surface area (Å²) in [6, 6.07) is 12.3. The number of hydrogen-bond acceptors (Lipinski definition) is 4. The summed E-state index contributed by atoms with van der Waals surface area (Å²) in [6.45, 7) is 1.42. The maximum absolute atomic E-state index is 11.7. The minimum atomic E-state index is -0.523. The van der Waals surface area contributed by atoms with E-state index >= 15 is 0 Å². The molecule has 0 aliphatic rings. The third kappa shape index (κ3) is 6.28. The predicted octanol–water partition coefficient (Wildman–Crippen LogP) is 3.02. The van der Waals surface area contributed by atoms with Crippen LogP contribution >= 0.6 is 27.5 Å². The molecule has 2 aromatic carbocycles. The highest BCUT2D eigenvalue weighted by Crippen LogP contribution is 2.25. The van der Waals surface area contributed by atoms with Crippen molar-refractivity contribution in [1.82, 2.24) is 10.9 Å². The van der Waals surface area contributed by atoms with Crippen LogP contribution in [0.25, 0.3) is 0 Å². The van der Waals surface area contributed by atoms with Crippen LogP contribution < -0.4 is 20.3 Å². The van der Waals surface area contributed by atoms with Crippen LogP contribution in [0.3, 0.4) is 0 Å². The van der Waals surface area contributed by atoms with Gasteiger partial charge in [0.15, 0.2) is 13.2 Å². The van der Waals surface area contributed by atoms with Gasteiger partial charge in [-0.2, -0.15) is 0 Å². The molecule has 2 amide bonds. The third-order valence-electron chi connectivity index (χ3n) is 2.98. The second kappa shape index (κ2) is 9.29. The maximum Gasteiger partial charge on any atom is 0.276 e. The lowest BCUT2D eigenvalue weighted by atomic mass is 10.2. The number of rotatable bonds is 6. The minimum absolute atomic E-state index is 0.243. The zero-order valence-electron chi connectivity index (χ0n) is 13.3. The van der Waals surface area contributed by atoms with Crippen molar-refractivity contribution in [2.45, 2.75) is 6.92 Å². The topological polar surface area (TPSA) is 76.7 Å². The van der Waals surface area contributed by atoms with Crippen molar-refractivity contribution < 1.29 is 19.1 Å². The lowest BCUT2D eigenvalue weighted by Gasteiger charge is -2.11. The summed E-state index contributed by atoms with van der Waals surface area (Å²) < 4.78 is 11.4. The standard InChI is InChI=1S/C17H16BrClN2O4/c1-11-6-7-14(12(18)8-11)24-9-16(22)20-21-17(23)10-25-15-5-3-2-4-13(15)19/h2-8H,9-10H2,1H3,(H,20,22)(H,21,23). The summed E-state index contributed by atoms with van der Waals surface area (Å²) in [5.41, 5.74) is 5.54. The van der Waals surface area contributed by atoms with E-state index in [4.69, 9.17) is 21.1 Å². The van der Waals surface area contributed by atoms with Crippen LogP contribution in [0.4, 0.5) is 0 Å². The van der Waals surface area contributed by atoms with Gasteiger partial charge in [0.2, 0.25) is 0 Å². The molecule has 8 heteroatoms. The predicted molar refractivity (Wildman–Crippen MR) is 97.6 cm³/mol. The van der Waals surface area contributed by atoms with E-state index < -0.39 is 11.8 Å².